The number of methoxy groups -OCH3 is 1. The molecule has 0 aromatic heterocycles. The summed E-state index contributed by atoms with van der Waals surface area (Å²) in [5.74, 6) is 0.149. The van der Waals surface area contributed by atoms with E-state index >= 15 is 0 Å². The zero-order chi connectivity index (χ0) is 16.4. The van der Waals surface area contributed by atoms with Crippen molar-refractivity contribution in [3.63, 3.8) is 0 Å². The third-order valence-electron chi connectivity index (χ3n) is 4.15. The van der Waals surface area contributed by atoms with Gasteiger partial charge in [-0.15, -0.1) is 11.8 Å². The predicted octanol–water partition coefficient (Wildman–Crippen LogP) is 5.36. The van der Waals surface area contributed by atoms with Crippen LogP contribution in [0.15, 0.2) is 35.2 Å². The number of unbranched alkanes of at least 4 members (excludes halogenated alkanes) is 3. The Labute approximate surface area is 140 Å². The molecule has 22 heavy (non-hydrogen) atoms. The Morgan fingerprint density at radius 2 is 1.86 bits per heavy atom. The van der Waals surface area contributed by atoms with Gasteiger partial charge in [0.15, 0.2) is 0 Å². The zero-order valence-corrected chi connectivity index (χ0v) is 15.2. The van der Waals surface area contributed by atoms with Crippen molar-refractivity contribution < 1.29 is 9.53 Å². The highest BCUT2D eigenvalue weighted by atomic mass is 32.2. The fourth-order valence-corrected chi connectivity index (χ4v) is 4.07. The quantitative estimate of drug-likeness (QED) is 0.405. The summed E-state index contributed by atoms with van der Waals surface area (Å²) >= 11 is 1.85. The van der Waals surface area contributed by atoms with Crippen LogP contribution in [0.1, 0.15) is 52.9 Å². The maximum absolute atomic E-state index is 11.8. The van der Waals surface area contributed by atoms with Crippen molar-refractivity contribution in [1.82, 2.24) is 0 Å². The molecule has 0 bridgehead atoms. The molecule has 0 amide bonds. The Balaban J connectivity index is 2.76. The van der Waals surface area contributed by atoms with E-state index in [0.717, 1.165) is 6.42 Å². The summed E-state index contributed by atoms with van der Waals surface area (Å²) in [4.78, 5) is 13.0. The predicted molar refractivity (Wildman–Crippen MR) is 95.5 cm³/mol. The van der Waals surface area contributed by atoms with Crippen LogP contribution >= 0.6 is 11.8 Å². The number of hydrogen-bond donors (Lipinski definition) is 0. The molecular formula is C19H30O2S. The van der Waals surface area contributed by atoms with Gasteiger partial charge in [0, 0.05) is 23.2 Å². The van der Waals surface area contributed by atoms with Crippen molar-refractivity contribution in [2.45, 2.75) is 69.1 Å². The van der Waals surface area contributed by atoms with Gasteiger partial charge in [0.1, 0.15) is 5.78 Å². The summed E-state index contributed by atoms with van der Waals surface area (Å²) < 4.78 is 5.72. The average molecular weight is 323 g/mol. The van der Waals surface area contributed by atoms with E-state index < -0.39 is 0 Å². The molecule has 0 radical (unpaired) electrons. The van der Waals surface area contributed by atoms with Gasteiger partial charge in [0.25, 0.3) is 0 Å². The van der Waals surface area contributed by atoms with Gasteiger partial charge in [-0.3, -0.25) is 4.79 Å². The van der Waals surface area contributed by atoms with Crippen LogP contribution in [0, 0.1) is 5.92 Å². The topological polar surface area (TPSA) is 26.3 Å². The maximum Gasteiger partial charge on any atom is 0.135 e. The molecule has 0 fully saturated rings. The molecule has 1 aromatic carbocycles. The van der Waals surface area contributed by atoms with Crippen LogP contribution in [0.4, 0.5) is 0 Å². The fourth-order valence-electron chi connectivity index (χ4n) is 2.65. The molecule has 0 saturated heterocycles. The van der Waals surface area contributed by atoms with Crippen molar-refractivity contribution in [1.29, 1.82) is 0 Å². The standard InChI is InChI=1S/C19H30O2S/c1-5-6-7-11-14-18(19(21-4)15(2)16(3)20)22-17-12-9-8-10-13-17/h8-10,12-13,15,18-19H,5-7,11,14H2,1-4H3. The lowest BCUT2D eigenvalue weighted by Crippen LogP contribution is -2.35. The molecule has 3 atom stereocenters. The Bertz CT molecular complexity index is 419. The number of ether oxygens (including phenoxy) is 1. The third-order valence-corrected chi connectivity index (χ3v) is 5.50. The number of Topliss-reactive ketones (excluding diaryl/α,β-unsaturated/α-hetero) is 1. The highest BCUT2D eigenvalue weighted by molar-refractivity contribution is 8.00. The molecule has 0 heterocycles. The normalized spacial score (nSPS) is 15.3. The van der Waals surface area contributed by atoms with Crippen LogP contribution in [0.2, 0.25) is 0 Å². The van der Waals surface area contributed by atoms with E-state index in [1.807, 2.05) is 24.8 Å². The molecule has 3 unspecified atom stereocenters. The van der Waals surface area contributed by atoms with Crippen LogP contribution in [-0.2, 0) is 9.53 Å². The van der Waals surface area contributed by atoms with E-state index in [2.05, 4.69) is 31.2 Å². The minimum atomic E-state index is -0.0580. The van der Waals surface area contributed by atoms with E-state index in [4.69, 9.17) is 4.74 Å². The molecule has 1 aromatic rings. The van der Waals surface area contributed by atoms with Crippen molar-refractivity contribution in [2.24, 2.45) is 5.92 Å². The number of thioether (sulfide) groups is 1. The van der Waals surface area contributed by atoms with E-state index in [9.17, 15) is 4.79 Å². The molecule has 124 valence electrons. The fraction of sp³-hybridized carbons (Fsp3) is 0.632. The van der Waals surface area contributed by atoms with Gasteiger partial charge in [-0.1, -0.05) is 57.7 Å². The molecule has 0 aliphatic heterocycles. The highest BCUT2D eigenvalue weighted by Gasteiger charge is 2.29. The first-order valence-electron chi connectivity index (χ1n) is 8.35. The molecule has 3 heteroatoms. The summed E-state index contributed by atoms with van der Waals surface area (Å²) in [6.07, 6.45) is 6.05. The summed E-state index contributed by atoms with van der Waals surface area (Å²) in [6.45, 7) is 5.88. The Hall–Kier alpha value is -0.800. The second-order valence-electron chi connectivity index (χ2n) is 5.92. The van der Waals surface area contributed by atoms with Gasteiger partial charge in [-0.2, -0.15) is 0 Å². The Morgan fingerprint density at radius 1 is 1.18 bits per heavy atom. The van der Waals surface area contributed by atoms with E-state index in [1.54, 1.807) is 14.0 Å². The minimum absolute atomic E-state index is 0.0238. The van der Waals surface area contributed by atoms with Crippen LogP contribution in [-0.4, -0.2) is 24.2 Å². The molecule has 0 spiro atoms. The number of hydrogen-bond acceptors (Lipinski definition) is 3. The van der Waals surface area contributed by atoms with Gasteiger partial charge in [0.2, 0.25) is 0 Å². The van der Waals surface area contributed by atoms with E-state index in [-0.39, 0.29) is 17.8 Å². The molecule has 0 aliphatic carbocycles. The van der Waals surface area contributed by atoms with E-state index in [1.165, 1.54) is 30.6 Å². The second kappa shape index (κ2) is 10.8. The number of benzene rings is 1. The second-order valence-corrected chi connectivity index (χ2v) is 7.23. The molecule has 2 nitrogen and oxygen atoms in total. The highest BCUT2D eigenvalue weighted by Crippen LogP contribution is 2.33. The number of carbonyl (C=O) groups excluding carboxylic acids is 1. The van der Waals surface area contributed by atoms with Gasteiger partial charge in [-0.05, 0) is 25.5 Å². The average Bonchev–Trinajstić information content (AvgIpc) is 2.52. The number of rotatable bonds is 11. The molecule has 0 aliphatic rings. The van der Waals surface area contributed by atoms with Crippen LogP contribution in [0.25, 0.3) is 0 Å². The Kier molecular flexibility index (Phi) is 9.49. The first-order valence-corrected chi connectivity index (χ1v) is 9.23. The lowest BCUT2D eigenvalue weighted by Gasteiger charge is -2.29. The third kappa shape index (κ3) is 6.53. The Morgan fingerprint density at radius 3 is 2.41 bits per heavy atom. The molecule has 0 saturated carbocycles. The minimum Gasteiger partial charge on any atom is -0.380 e. The molecule has 1 rings (SSSR count). The molecule has 0 N–H and O–H groups in total. The van der Waals surface area contributed by atoms with Gasteiger partial charge >= 0.3 is 0 Å². The van der Waals surface area contributed by atoms with Crippen LogP contribution in [0.5, 0.6) is 0 Å². The summed E-state index contributed by atoms with van der Waals surface area (Å²) in [5, 5.41) is 0.322. The monoisotopic (exact) mass is 322 g/mol. The van der Waals surface area contributed by atoms with Crippen LogP contribution < -0.4 is 0 Å². The first-order chi connectivity index (χ1) is 10.6. The summed E-state index contributed by atoms with van der Waals surface area (Å²) in [5.41, 5.74) is 0. The lowest BCUT2D eigenvalue weighted by atomic mass is 9.95. The summed E-state index contributed by atoms with van der Waals surface area (Å²) in [7, 11) is 1.73. The SMILES string of the molecule is CCCCCCC(Sc1ccccc1)C(OC)C(C)C(C)=O. The van der Waals surface area contributed by atoms with E-state index in [0.29, 0.717) is 5.25 Å². The molecular weight excluding hydrogens is 292 g/mol. The lowest BCUT2D eigenvalue weighted by molar-refractivity contribution is -0.124. The number of ketones is 1. The number of carbonyl (C=O) groups is 1. The van der Waals surface area contributed by atoms with Crippen molar-refractivity contribution in [3.8, 4) is 0 Å². The van der Waals surface area contributed by atoms with Crippen molar-refractivity contribution in [2.75, 3.05) is 7.11 Å². The first kappa shape index (κ1) is 19.2. The zero-order valence-electron chi connectivity index (χ0n) is 14.4. The summed E-state index contributed by atoms with van der Waals surface area (Å²) in [6, 6.07) is 10.4. The van der Waals surface area contributed by atoms with Crippen molar-refractivity contribution >= 4 is 17.5 Å². The largest absolute Gasteiger partial charge is 0.380 e. The van der Waals surface area contributed by atoms with Crippen molar-refractivity contribution in [3.05, 3.63) is 30.3 Å². The smallest absolute Gasteiger partial charge is 0.135 e. The maximum atomic E-state index is 11.8. The van der Waals surface area contributed by atoms with Crippen LogP contribution in [0.3, 0.4) is 0 Å². The van der Waals surface area contributed by atoms with Gasteiger partial charge in [-0.25, -0.2) is 0 Å². The van der Waals surface area contributed by atoms with Gasteiger partial charge < -0.3 is 4.74 Å². The van der Waals surface area contributed by atoms with Gasteiger partial charge in [0.05, 0.1) is 6.10 Å².